The molecule has 1 N–H and O–H groups in total. The van der Waals surface area contributed by atoms with Gasteiger partial charge in [-0.15, -0.1) is 0 Å². The van der Waals surface area contributed by atoms with E-state index in [9.17, 15) is 4.79 Å². The van der Waals surface area contributed by atoms with Gasteiger partial charge in [-0.1, -0.05) is 11.6 Å². The van der Waals surface area contributed by atoms with Gasteiger partial charge < -0.3 is 5.32 Å². The fourth-order valence-electron chi connectivity index (χ4n) is 0.305. The molecule has 0 saturated carbocycles. The van der Waals surface area contributed by atoms with Crippen LogP contribution in [0, 0.1) is 0 Å². The Bertz CT molecular complexity index is 96.7. The summed E-state index contributed by atoms with van der Waals surface area (Å²) < 4.78 is 0. The summed E-state index contributed by atoms with van der Waals surface area (Å²) in [5.74, 6) is 0. The number of allylic oxidation sites excluding steroid dienone is 1. The zero-order valence-corrected chi connectivity index (χ0v) is 5.27. The molecule has 0 spiro atoms. The van der Waals surface area contributed by atoms with E-state index in [0.717, 1.165) is 0 Å². The first-order valence-corrected chi connectivity index (χ1v) is 2.60. The number of hydrogen-bond donors (Lipinski definition) is 1. The molecule has 2 nitrogen and oxygen atoms in total. The Balaban J connectivity index is 3.24. The summed E-state index contributed by atoms with van der Waals surface area (Å²) in [4.78, 5) is 9.69. The van der Waals surface area contributed by atoms with E-state index in [2.05, 4.69) is 5.32 Å². The molecule has 0 heterocycles. The molecule has 0 radical (unpaired) electrons. The first-order chi connectivity index (χ1) is 3.81. The predicted octanol–water partition coefficient (Wildman–Crippen LogP) is 0.699. The molecular weight excluding hydrogens is 102 g/mol. The maximum Gasteiger partial charge on any atom is 0.207 e. The third-order valence-corrected chi connectivity index (χ3v) is 0.957. The Morgan fingerprint density at radius 1 is 1.75 bits per heavy atom. The van der Waals surface area contributed by atoms with Crippen molar-refractivity contribution >= 4 is 6.41 Å². The average molecular weight is 113 g/mol. The van der Waals surface area contributed by atoms with Gasteiger partial charge in [-0.2, -0.15) is 0 Å². The first-order valence-electron chi connectivity index (χ1n) is 2.60. The molecular formula is C6H11NO. The Kier molecular flexibility index (Phi) is 3.94. The average Bonchev–Trinajstić information content (AvgIpc) is 1.83. The second-order valence-electron chi connectivity index (χ2n) is 1.63. The maximum absolute atomic E-state index is 9.69. The lowest BCUT2D eigenvalue weighted by Gasteiger charge is -1.94. The van der Waals surface area contributed by atoms with E-state index in [1.165, 1.54) is 5.57 Å². The standard InChI is InChI=1S/C6H11NO/c1-3-6(2)4-7-5-8/h3,5H,4H2,1-2H3,(H,7,8). The van der Waals surface area contributed by atoms with Gasteiger partial charge in [0.15, 0.2) is 0 Å². The topological polar surface area (TPSA) is 29.1 Å². The second kappa shape index (κ2) is 4.37. The highest BCUT2D eigenvalue weighted by atomic mass is 16.1. The minimum atomic E-state index is 0.667. The van der Waals surface area contributed by atoms with Gasteiger partial charge in [0.25, 0.3) is 0 Å². The van der Waals surface area contributed by atoms with E-state index >= 15 is 0 Å². The van der Waals surface area contributed by atoms with Crippen LogP contribution in [0.3, 0.4) is 0 Å². The molecule has 8 heavy (non-hydrogen) atoms. The molecule has 0 aliphatic rings. The molecule has 46 valence electrons. The van der Waals surface area contributed by atoms with Crippen LogP contribution in [0.5, 0.6) is 0 Å². The summed E-state index contributed by atoms with van der Waals surface area (Å²) in [6.45, 7) is 4.58. The van der Waals surface area contributed by atoms with Crippen LogP contribution in [0.15, 0.2) is 11.6 Å². The Morgan fingerprint density at radius 2 is 2.38 bits per heavy atom. The molecule has 0 aromatic rings. The van der Waals surface area contributed by atoms with Gasteiger partial charge in [-0.05, 0) is 13.8 Å². The van der Waals surface area contributed by atoms with Crippen LogP contribution in [0.4, 0.5) is 0 Å². The summed E-state index contributed by atoms with van der Waals surface area (Å²) in [6.07, 6.45) is 2.67. The van der Waals surface area contributed by atoms with Gasteiger partial charge in [0.05, 0.1) is 0 Å². The number of amides is 1. The van der Waals surface area contributed by atoms with Gasteiger partial charge >= 0.3 is 0 Å². The van der Waals surface area contributed by atoms with Gasteiger partial charge in [0.2, 0.25) is 6.41 Å². The van der Waals surface area contributed by atoms with E-state index in [0.29, 0.717) is 13.0 Å². The molecule has 2 heteroatoms. The molecule has 0 aromatic carbocycles. The molecule has 0 bridgehead atoms. The normalized spacial score (nSPS) is 11.0. The second-order valence-corrected chi connectivity index (χ2v) is 1.63. The van der Waals surface area contributed by atoms with E-state index in [4.69, 9.17) is 0 Å². The number of rotatable bonds is 3. The van der Waals surface area contributed by atoms with Crippen LogP contribution in [-0.2, 0) is 4.79 Å². The predicted molar refractivity (Wildman–Crippen MR) is 33.5 cm³/mol. The highest BCUT2D eigenvalue weighted by Gasteiger charge is 1.80. The van der Waals surface area contributed by atoms with E-state index in [1.807, 2.05) is 19.9 Å². The lowest BCUT2D eigenvalue weighted by molar-refractivity contribution is -0.109. The number of carbonyl (C=O) groups is 1. The van der Waals surface area contributed by atoms with Gasteiger partial charge in [-0.25, -0.2) is 0 Å². The van der Waals surface area contributed by atoms with Crippen molar-refractivity contribution in [1.82, 2.24) is 5.32 Å². The molecule has 0 aliphatic heterocycles. The lowest BCUT2D eigenvalue weighted by Crippen LogP contribution is -2.12. The molecule has 0 saturated heterocycles. The van der Waals surface area contributed by atoms with Crippen LogP contribution in [0.2, 0.25) is 0 Å². The number of nitrogens with one attached hydrogen (secondary N) is 1. The molecule has 0 aliphatic carbocycles. The number of carbonyl (C=O) groups excluding carboxylic acids is 1. The van der Waals surface area contributed by atoms with Crippen molar-refractivity contribution in [2.45, 2.75) is 13.8 Å². The van der Waals surface area contributed by atoms with Crippen LogP contribution < -0.4 is 5.32 Å². The summed E-state index contributed by atoms with van der Waals surface area (Å²) in [5.41, 5.74) is 1.18. The smallest absolute Gasteiger partial charge is 0.207 e. The molecule has 0 fully saturated rings. The lowest BCUT2D eigenvalue weighted by atomic mass is 10.3. The Hall–Kier alpha value is -0.790. The summed E-state index contributed by atoms with van der Waals surface area (Å²) in [6, 6.07) is 0. The Morgan fingerprint density at radius 3 is 2.75 bits per heavy atom. The fraction of sp³-hybridized carbons (Fsp3) is 0.500. The fourth-order valence-corrected chi connectivity index (χ4v) is 0.305. The minimum absolute atomic E-state index is 0.667. The van der Waals surface area contributed by atoms with Gasteiger partial charge in [0.1, 0.15) is 0 Å². The summed E-state index contributed by atoms with van der Waals surface area (Å²) in [7, 11) is 0. The van der Waals surface area contributed by atoms with Crippen LogP contribution in [0.1, 0.15) is 13.8 Å². The van der Waals surface area contributed by atoms with Crippen molar-refractivity contribution in [2.24, 2.45) is 0 Å². The van der Waals surface area contributed by atoms with Crippen LogP contribution in [0.25, 0.3) is 0 Å². The van der Waals surface area contributed by atoms with Crippen molar-refractivity contribution in [1.29, 1.82) is 0 Å². The highest BCUT2D eigenvalue weighted by molar-refractivity contribution is 5.46. The highest BCUT2D eigenvalue weighted by Crippen LogP contribution is 1.85. The SMILES string of the molecule is CC=C(C)CNC=O. The summed E-state index contributed by atoms with van der Waals surface area (Å²) in [5, 5.41) is 2.55. The van der Waals surface area contributed by atoms with Crippen LogP contribution in [-0.4, -0.2) is 13.0 Å². The van der Waals surface area contributed by atoms with Gasteiger partial charge in [-0.3, -0.25) is 4.79 Å². The largest absolute Gasteiger partial charge is 0.355 e. The third kappa shape index (κ3) is 3.40. The first kappa shape index (κ1) is 7.21. The quantitative estimate of drug-likeness (QED) is 0.423. The van der Waals surface area contributed by atoms with E-state index in [1.54, 1.807) is 0 Å². The number of hydrogen-bond acceptors (Lipinski definition) is 1. The van der Waals surface area contributed by atoms with Crippen molar-refractivity contribution in [3.8, 4) is 0 Å². The van der Waals surface area contributed by atoms with Crippen molar-refractivity contribution in [2.75, 3.05) is 6.54 Å². The zero-order valence-electron chi connectivity index (χ0n) is 5.27. The monoisotopic (exact) mass is 113 g/mol. The Labute approximate surface area is 49.6 Å². The molecule has 0 rings (SSSR count). The van der Waals surface area contributed by atoms with Crippen molar-refractivity contribution in [3.63, 3.8) is 0 Å². The maximum atomic E-state index is 9.69. The van der Waals surface area contributed by atoms with E-state index in [-0.39, 0.29) is 0 Å². The van der Waals surface area contributed by atoms with Gasteiger partial charge in [0, 0.05) is 6.54 Å². The zero-order chi connectivity index (χ0) is 6.41. The molecule has 0 unspecified atom stereocenters. The van der Waals surface area contributed by atoms with Crippen molar-refractivity contribution < 1.29 is 4.79 Å². The summed E-state index contributed by atoms with van der Waals surface area (Å²) >= 11 is 0. The minimum Gasteiger partial charge on any atom is -0.355 e. The molecule has 0 aromatic heterocycles. The van der Waals surface area contributed by atoms with Crippen molar-refractivity contribution in [3.05, 3.63) is 11.6 Å². The van der Waals surface area contributed by atoms with Crippen LogP contribution >= 0.6 is 0 Å². The molecule has 1 amide bonds. The molecule has 0 atom stereocenters. The third-order valence-electron chi connectivity index (χ3n) is 0.957. The van der Waals surface area contributed by atoms with E-state index < -0.39 is 0 Å².